The van der Waals surface area contributed by atoms with Crippen LogP contribution < -0.4 is 0 Å². The second-order valence-corrected chi connectivity index (χ2v) is 9.00. The van der Waals surface area contributed by atoms with E-state index in [1.807, 2.05) is 0 Å². The monoisotopic (exact) mass is 399 g/mol. The highest BCUT2D eigenvalue weighted by atomic mass is 32.1. The first-order valence-corrected chi connectivity index (χ1v) is 12.1. The lowest BCUT2D eigenvalue weighted by Crippen LogP contribution is -1.99. The summed E-state index contributed by atoms with van der Waals surface area (Å²) in [6.45, 7) is 4.47. The molecule has 1 heterocycles. The van der Waals surface area contributed by atoms with Crippen molar-refractivity contribution in [2.75, 3.05) is 0 Å². The molecule has 0 aliphatic heterocycles. The van der Waals surface area contributed by atoms with Crippen LogP contribution in [0.4, 0.5) is 0 Å². The average Bonchev–Trinajstić information content (AvgIpc) is 2.69. The Bertz CT molecular complexity index is 759. The number of hydrogen-bond acceptors (Lipinski definition) is 1. The zero-order chi connectivity index (χ0) is 20.2. The van der Waals surface area contributed by atoms with Gasteiger partial charge in [0.2, 0.25) is 0 Å². The van der Waals surface area contributed by atoms with E-state index in [-0.39, 0.29) is 0 Å². The van der Waals surface area contributed by atoms with Crippen molar-refractivity contribution in [3.63, 3.8) is 0 Å². The maximum absolute atomic E-state index is 5.56. The average molecular weight is 400 g/mol. The van der Waals surface area contributed by atoms with Crippen LogP contribution in [-0.2, 0) is 13.5 Å². The van der Waals surface area contributed by atoms with Gasteiger partial charge < -0.3 is 4.57 Å². The molecule has 0 unspecified atom stereocenters. The molecule has 0 atom stereocenters. The summed E-state index contributed by atoms with van der Waals surface area (Å²) in [5, 5.41) is 1.38. The van der Waals surface area contributed by atoms with Crippen LogP contribution in [0.1, 0.15) is 102 Å². The molecule has 2 rings (SSSR count). The largest absolute Gasteiger partial charge is 0.335 e. The van der Waals surface area contributed by atoms with Gasteiger partial charge in [0, 0.05) is 18.0 Å². The summed E-state index contributed by atoms with van der Waals surface area (Å²) in [6, 6.07) is 8.94. The highest BCUT2D eigenvalue weighted by Gasteiger charge is 2.05. The summed E-state index contributed by atoms with van der Waals surface area (Å²) in [7, 11) is 2.08. The third kappa shape index (κ3) is 7.70. The van der Waals surface area contributed by atoms with E-state index in [9.17, 15) is 0 Å². The Balaban J connectivity index is 1.62. The lowest BCUT2D eigenvalue weighted by Gasteiger charge is -2.12. The van der Waals surface area contributed by atoms with E-state index in [1.54, 1.807) is 0 Å². The highest BCUT2D eigenvalue weighted by molar-refractivity contribution is 7.71. The predicted molar refractivity (Wildman–Crippen MR) is 128 cm³/mol. The molecule has 0 amide bonds. The fourth-order valence-electron chi connectivity index (χ4n) is 4.18. The molecule has 0 aliphatic carbocycles. The maximum Gasteiger partial charge on any atom is 0.106 e. The second kappa shape index (κ2) is 13.1. The van der Waals surface area contributed by atoms with Crippen molar-refractivity contribution < 1.29 is 0 Å². The fourth-order valence-corrected chi connectivity index (χ4v) is 4.42. The van der Waals surface area contributed by atoms with Gasteiger partial charge in [-0.15, -0.1) is 0 Å². The van der Waals surface area contributed by atoms with Crippen LogP contribution in [0.2, 0.25) is 0 Å². The minimum Gasteiger partial charge on any atom is -0.335 e. The third-order valence-corrected chi connectivity index (χ3v) is 6.43. The van der Waals surface area contributed by atoms with Gasteiger partial charge >= 0.3 is 0 Å². The minimum atomic E-state index is 0.945. The number of fused-ring (bicyclic) bond motifs is 1. The molecule has 1 nitrogen and oxygen atoms in total. The molecular weight excluding hydrogens is 358 g/mol. The fraction of sp³-hybridized carbons (Fsp3) is 0.654. The van der Waals surface area contributed by atoms with Gasteiger partial charge in [0.1, 0.15) is 4.64 Å². The van der Waals surface area contributed by atoms with Gasteiger partial charge in [0.25, 0.3) is 0 Å². The first-order chi connectivity index (χ1) is 13.6. The molecule has 0 saturated heterocycles. The molecule has 0 radical (unpaired) electrons. The van der Waals surface area contributed by atoms with Gasteiger partial charge in [-0.05, 0) is 43.5 Å². The van der Waals surface area contributed by atoms with Crippen molar-refractivity contribution in [3.8, 4) is 0 Å². The molecule has 0 fully saturated rings. The Kier molecular flexibility index (Phi) is 10.9. The normalized spacial score (nSPS) is 11.4. The molecular formula is C26H41NS. The van der Waals surface area contributed by atoms with Gasteiger partial charge in [0.15, 0.2) is 0 Å². The molecule has 156 valence electrons. The molecule has 2 heteroatoms. The van der Waals surface area contributed by atoms with Crippen LogP contribution in [0.25, 0.3) is 10.9 Å². The SMILES string of the molecule is CCCCCCCCCCCCCCCc1cc(=S)n(C)c2ccc(C)cc12. The topological polar surface area (TPSA) is 4.93 Å². The van der Waals surface area contributed by atoms with Crippen LogP contribution in [-0.4, -0.2) is 4.57 Å². The molecule has 2 aromatic rings. The predicted octanol–water partition coefficient (Wildman–Crippen LogP) is 8.85. The smallest absolute Gasteiger partial charge is 0.106 e. The van der Waals surface area contributed by atoms with E-state index in [1.165, 1.54) is 106 Å². The van der Waals surface area contributed by atoms with Crippen molar-refractivity contribution in [1.82, 2.24) is 4.57 Å². The zero-order valence-electron chi connectivity index (χ0n) is 18.6. The van der Waals surface area contributed by atoms with Crippen LogP contribution >= 0.6 is 12.2 Å². The zero-order valence-corrected chi connectivity index (χ0v) is 19.4. The van der Waals surface area contributed by atoms with E-state index < -0.39 is 0 Å². The quantitative estimate of drug-likeness (QED) is 0.227. The van der Waals surface area contributed by atoms with Crippen LogP contribution in [0.5, 0.6) is 0 Å². The number of benzene rings is 1. The number of rotatable bonds is 14. The number of pyridine rings is 1. The van der Waals surface area contributed by atoms with Gasteiger partial charge in [-0.25, -0.2) is 0 Å². The lowest BCUT2D eigenvalue weighted by molar-refractivity contribution is 0.539. The maximum atomic E-state index is 5.56. The number of aromatic nitrogens is 1. The van der Waals surface area contributed by atoms with Crippen molar-refractivity contribution >= 4 is 23.1 Å². The Labute approximate surface area is 178 Å². The van der Waals surface area contributed by atoms with E-state index in [0.29, 0.717) is 0 Å². The van der Waals surface area contributed by atoms with Crippen molar-refractivity contribution in [2.24, 2.45) is 7.05 Å². The summed E-state index contributed by atoms with van der Waals surface area (Å²) in [5.41, 5.74) is 4.03. The standard InChI is InChI=1S/C26H41NS/c1-4-5-6-7-8-9-10-11-12-13-14-15-16-17-23-21-26(28)27(3)25-19-18-22(2)20-24(23)25/h18-21H,4-17H2,1-3H3. The molecule has 0 saturated carbocycles. The summed E-state index contributed by atoms with van der Waals surface area (Å²) in [6.07, 6.45) is 19.4. The summed E-state index contributed by atoms with van der Waals surface area (Å²) < 4.78 is 3.08. The van der Waals surface area contributed by atoms with Gasteiger partial charge in [-0.2, -0.15) is 0 Å². The summed E-state index contributed by atoms with van der Waals surface area (Å²) in [4.78, 5) is 0. The highest BCUT2D eigenvalue weighted by Crippen LogP contribution is 2.23. The first-order valence-electron chi connectivity index (χ1n) is 11.7. The lowest BCUT2D eigenvalue weighted by atomic mass is 10.00. The molecule has 1 aromatic heterocycles. The second-order valence-electron chi connectivity index (χ2n) is 8.58. The van der Waals surface area contributed by atoms with Crippen LogP contribution in [0, 0.1) is 11.6 Å². The van der Waals surface area contributed by atoms with Gasteiger partial charge in [-0.3, -0.25) is 0 Å². The molecule has 28 heavy (non-hydrogen) atoms. The van der Waals surface area contributed by atoms with Gasteiger partial charge in [-0.1, -0.05) is 108 Å². The molecule has 1 aromatic carbocycles. The molecule has 0 bridgehead atoms. The Morgan fingerprint density at radius 1 is 0.750 bits per heavy atom. The number of unbranched alkanes of at least 4 members (excludes halogenated alkanes) is 12. The van der Waals surface area contributed by atoms with Crippen LogP contribution in [0.3, 0.4) is 0 Å². The van der Waals surface area contributed by atoms with Crippen molar-refractivity contribution in [3.05, 3.63) is 40.0 Å². The number of aryl methyl sites for hydroxylation is 3. The van der Waals surface area contributed by atoms with E-state index in [2.05, 4.69) is 49.7 Å². The van der Waals surface area contributed by atoms with Crippen LogP contribution in [0.15, 0.2) is 24.3 Å². The Hall–Kier alpha value is -1.15. The molecule has 0 spiro atoms. The van der Waals surface area contributed by atoms with E-state index in [0.717, 1.165) is 11.1 Å². The molecule has 0 aliphatic rings. The van der Waals surface area contributed by atoms with Crippen molar-refractivity contribution in [1.29, 1.82) is 0 Å². The summed E-state index contributed by atoms with van der Waals surface area (Å²) in [5.74, 6) is 0. The number of nitrogens with zero attached hydrogens (tertiary/aromatic N) is 1. The van der Waals surface area contributed by atoms with E-state index in [4.69, 9.17) is 12.2 Å². The summed E-state index contributed by atoms with van der Waals surface area (Å²) >= 11 is 5.56. The van der Waals surface area contributed by atoms with Gasteiger partial charge in [0.05, 0.1) is 0 Å². The Morgan fingerprint density at radius 2 is 1.29 bits per heavy atom. The van der Waals surface area contributed by atoms with E-state index >= 15 is 0 Å². The number of hydrogen-bond donors (Lipinski definition) is 0. The Morgan fingerprint density at radius 3 is 1.86 bits per heavy atom. The minimum absolute atomic E-state index is 0.945. The third-order valence-electron chi connectivity index (χ3n) is 6.04. The van der Waals surface area contributed by atoms with Crippen molar-refractivity contribution in [2.45, 2.75) is 104 Å². The first kappa shape index (κ1) is 23.1. The molecule has 0 N–H and O–H groups in total.